The maximum atomic E-state index is 11.9. The van der Waals surface area contributed by atoms with Gasteiger partial charge in [0.25, 0.3) is 0 Å². The second kappa shape index (κ2) is 3.89. The molecule has 2 heteroatoms. The molecule has 0 amide bonds. The lowest BCUT2D eigenvalue weighted by Crippen LogP contribution is -2.35. The Bertz CT molecular complexity index is 242. The molecule has 2 saturated heterocycles. The zero-order valence-electron chi connectivity index (χ0n) is 10.3. The van der Waals surface area contributed by atoms with Crippen molar-refractivity contribution in [1.82, 2.24) is 4.90 Å². The number of carbonyl (C=O) groups is 1. The topological polar surface area (TPSA) is 20.3 Å². The van der Waals surface area contributed by atoms with Gasteiger partial charge in [0.15, 0.2) is 0 Å². The summed E-state index contributed by atoms with van der Waals surface area (Å²) in [4.78, 5) is 14.5. The maximum Gasteiger partial charge on any atom is 0.138 e. The van der Waals surface area contributed by atoms with Crippen molar-refractivity contribution in [3.05, 3.63) is 0 Å². The van der Waals surface area contributed by atoms with Crippen molar-refractivity contribution in [3.63, 3.8) is 0 Å². The Kier molecular flexibility index (Phi) is 2.89. The number of nitrogens with zero attached hydrogens (tertiary/aromatic N) is 1. The number of Topliss-reactive ketones (excluding diaryl/α,β-unsaturated/α-hetero) is 1. The lowest BCUT2D eigenvalue weighted by Gasteiger charge is -2.31. The van der Waals surface area contributed by atoms with Crippen LogP contribution < -0.4 is 0 Å². The largest absolute Gasteiger partial charge is 0.303 e. The van der Waals surface area contributed by atoms with E-state index in [2.05, 4.69) is 4.90 Å². The van der Waals surface area contributed by atoms with E-state index in [0.717, 1.165) is 12.3 Å². The van der Waals surface area contributed by atoms with Crippen LogP contribution in [0.5, 0.6) is 0 Å². The lowest BCUT2D eigenvalue weighted by molar-refractivity contribution is -0.127. The third-order valence-electron chi connectivity index (χ3n) is 3.86. The third-order valence-corrected chi connectivity index (χ3v) is 3.86. The second-order valence-electron chi connectivity index (χ2n) is 6.39. The van der Waals surface area contributed by atoms with Gasteiger partial charge < -0.3 is 4.90 Å². The van der Waals surface area contributed by atoms with Gasteiger partial charge in [0.2, 0.25) is 0 Å². The lowest BCUT2D eigenvalue weighted by atomic mass is 9.81. The number of rotatable bonds is 2. The Morgan fingerprint density at radius 1 is 1.33 bits per heavy atom. The molecule has 2 rings (SSSR count). The SMILES string of the molecule is CC(C)(C)C(=O)C[C@@H]1CC2CCN(C2)C1. The molecule has 2 aliphatic rings. The van der Waals surface area contributed by atoms with Crippen LogP contribution in [0.2, 0.25) is 0 Å². The van der Waals surface area contributed by atoms with Gasteiger partial charge in [0.1, 0.15) is 5.78 Å². The fraction of sp³-hybridized carbons (Fsp3) is 0.923. The minimum atomic E-state index is -0.147. The molecule has 3 atom stereocenters. The first-order valence-corrected chi connectivity index (χ1v) is 6.21. The van der Waals surface area contributed by atoms with E-state index in [4.69, 9.17) is 0 Å². The van der Waals surface area contributed by atoms with Gasteiger partial charge in [-0.15, -0.1) is 0 Å². The van der Waals surface area contributed by atoms with Crippen LogP contribution in [0.15, 0.2) is 0 Å². The Balaban J connectivity index is 1.88. The summed E-state index contributed by atoms with van der Waals surface area (Å²) in [5.41, 5.74) is -0.147. The van der Waals surface area contributed by atoms with Gasteiger partial charge >= 0.3 is 0 Å². The van der Waals surface area contributed by atoms with Crippen molar-refractivity contribution >= 4 is 5.78 Å². The predicted molar refractivity (Wildman–Crippen MR) is 61.7 cm³/mol. The molecule has 2 unspecified atom stereocenters. The average molecular weight is 209 g/mol. The first kappa shape index (κ1) is 11.1. The normalized spacial score (nSPS) is 35.5. The second-order valence-corrected chi connectivity index (χ2v) is 6.39. The van der Waals surface area contributed by atoms with Crippen molar-refractivity contribution in [3.8, 4) is 0 Å². The van der Waals surface area contributed by atoms with Crippen LogP contribution in [0, 0.1) is 17.3 Å². The summed E-state index contributed by atoms with van der Waals surface area (Å²) in [5.74, 6) is 1.96. The van der Waals surface area contributed by atoms with E-state index in [1.54, 1.807) is 0 Å². The van der Waals surface area contributed by atoms with Crippen molar-refractivity contribution in [2.24, 2.45) is 17.3 Å². The molecular weight excluding hydrogens is 186 g/mol. The highest BCUT2D eigenvalue weighted by molar-refractivity contribution is 5.83. The Morgan fingerprint density at radius 3 is 2.67 bits per heavy atom. The Hall–Kier alpha value is -0.370. The standard InChI is InChI=1S/C13H23NO/c1-13(2,3)12(15)7-11-6-10-4-5-14(8-10)9-11/h10-11H,4-9H2,1-3H3/t10?,11-/m0/s1. The Labute approximate surface area is 93.0 Å². The van der Waals surface area contributed by atoms with Crippen molar-refractivity contribution < 1.29 is 4.79 Å². The summed E-state index contributed by atoms with van der Waals surface area (Å²) < 4.78 is 0. The minimum Gasteiger partial charge on any atom is -0.303 e. The van der Waals surface area contributed by atoms with E-state index in [1.807, 2.05) is 20.8 Å². The number of piperidine rings is 1. The van der Waals surface area contributed by atoms with Crippen LogP contribution in [-0.4, -0.2) is 30.3 Å². The molecule has 86 valence electrons. The quantitative estimate of drug-likeness (QED) is 0.695. The van der Waals surface area contributed by atoms with E-state index < -0.39 is 0 Å². The Morgan fingerprint density at radius 2 is 2.07 bits per heavy atom. The summed E-state index contributed by atoms with van der Waals surface area (Å²) in [6.45, 7) is 9.83. The zero-order valence-corrected chi connectivity index (χ0v) is 10.3. The van der Waals surface area contributed by atoms with Gasteiger partial charge in [0, 0.05) is 24.9 Å². The van der Waals surface area contributed by atoms with Crippen molar-refractivity contribution in [2.75, 3.05) is 19.6 Å². The molecule has 2 aliphatic heterocycles. The van der Waals surface area contributed by atoms with Crippen molar-refractivity contribution in [2.45, 2.75) is 40.0 Å². The highest BCUT2D eigenvalue weighted by atomic mass is 16.1. The van der Waals surface area contributed by atoms with Crippen molar-refractivity contribution in [1.29, 1.82) is 0 Å². The van der Waals surface area contributed by atoms with Crippen LogP contribution in [0.25, 0.3) is 0 Å². The van der Waals surface area contributed by atoms with Crippen LogP contribution in [0.1, 0.15) is 40.0 Å². The van der Waals surface area contributed by atoms with Gasteiger partial charge in [-0.3, -0.25) is 4.79 Å². The van der Waals surface area contributed by atoms with E-state index in [0.29, 0.717) is 11.7 Å². The van der Waals surface area contributed by atoms with Gasteiger partial charge in [0.05, 0.1) is 0 Å². The molecule has 0 aliphatic carbocycles. The average Bonchev–Trinajstić information content (AvgIpc) is 2.44. The smallest absolute Gasteiger partial charge is 0.138 e. The third kappa shape index (κ3) is 2.60. The summed E-state index contributed by atoms with van der Waals surface area (Å²) in [5, 5.41) is 0. The van der Waals surface area contributed by atoms with Gasteiger partial charge in [-0.25, -0.2) is 0 Å². The van der Waals surface area contributed by atoms with Crippen LogP contribution in [0.3, 0.4) is 0 Å². The van der Waals surface area contributed by atoms with E-state index in [-0.39, 0.29) is 5.41 Å². The molecular formula is C13H23NO. The van der Waals surface area contributed by atoms with Crippen LogP contribution in [0.4, 0.5) is 0 Å². The number of ketones is 1. The first-order valence-electron chi connectivity index (χ1n) is 6.21. The molecule has 0 spiro atoms. The monoisotopic (exact) mass is 209 g/mol. The van der Waals surface area contributed by atoms with Crippen LogP contribution >= 0.6 is 0 Å². The van der Waals surface area contributed by atoms with Crippen LogP contribution in [-0.2, 0) is 4.79 Å². The molecule has 15 heavy (non-hydrogen) atoms. The fourth-order valence-corrected chi connectivity index (χ4v) is 2.90. The summed E-state index contributed by atoms with van der Waals surface area (Å²) in [7, 11) is 0. The molecule has 0 saturated carbocycles. The number of carbonyl (C=O) groups excluding carboxylic acids is 1. The fourth-order valence-electron chi connectivity index (χ4n) is 2.90. The minimum absolute atomic E-state index is 0.147. The highest BCUT2D eigenvalue weighted by Crippen LogP contribution is 2.33. The number of hydrogen-bond acceptors (Lipinski definition) is 2. The molecule has 2 fully saturated rings. The molecule has 2 bridgehead atoms. The summed E-state index contributed by atoms with van der Waals surface area (Å²) in [6, 6.07) is 0. The molecule has 0 N–H and O–H groups in total. The summed E-state index contributed by atoms with van der Waals surface area (Å²) in [6.07, 6.45) is 3.45. The highest BCUT2D eigenvalue weighted by Gasteiger charge is 2.34. The van der Waals surface area contributed by atoms with Gasteiger partial charge in [-0.1, -0.05) is 20.8 Å². The molecule has 2 nitrogen and oxygen atoms in total. The first-order chi connectivity index (χ1) is 6.95. The number of fused-ring (bicyclic) bond motifs is 2. The molecule has 0 aromatic heterocycles. The van der Waals surface area contributed by atoms with E-state index >= 15 is 0 Å². The molecule has 0 aromatic rings. The summed E-state index contributed by atoms with van der Waals surface area (Å²) >= 11 is 0. The predicted octanol–water partition coefficient (Wildman–Crippen LogP) is 2.33. The van der Waals surface area contributed by atoms with E-state index in [1.165, 1.54) is 32.5 Å². The number of hydrogen-bond donors (Lipinski definition) is 0. The van der Waals surface area contributed by atoms with Gasteiger partial charge in [-0.05, 0) is 31.2 Å². The molecule has 0 radical (unpaired) electrons. The molecule has 0 aromatic carbocycles. The zero-order chi connectivity index (χ0) is 11.1. The maximum absolute atomic E-state index is 11.9. The van der Waals surface area contributed by atoms with E-state index in [9.17, 15) is 4.79 Å². The molecule has 2 heterocycles. The van der Waals surface area contributed by atoms with Gasteiger partial charge in [-0.2, -0.15) is 0 Å².